The number of ether oxygens (including phenoxy) is 2. The molecule has 0 aliphatic carbocycles. The summed E-state index contributed by atoms with van der Waals surface area (Å²) in [5, 5.41) is 0. The summed E-state index contributed by atoms with van der Waals surface area (Å²) in [5.74, 6) is -0.800. The van der Waals surface area contributed by atoms with Gasteiger partial charge in [0.2, 0.25) is 0 Å². The van der Waals surface area contributed by atoms with E-state index >= 15 is 0 Å². The van der Waals surface area contributed by atoms with Crippen LogP contribution in [0.2, 0.25) is 0 Å². The molecule has 0 saturated carbocycles. The van der Waals surface area contributed by atoms with Crippen LogP contribution in [-0.4, -0.2) is 32.6 Å². The van der Waals surface area contributed by atoms with Crippen LogP contribution in [0.15, 0.2) is 77.7 Å². The molecule has 6 nitrogen and oxygen atoms in total. The molecular formula is C26H30F3NO5S. The number of allylic oxidation sites excluding steroid dienone is 2. The first-order chi connectivity index (χ1) is 16.6. The summed E-state index contributed by atoms with van der Waals surface area (Å²) in [5.41, 5.74) is -1.65. The molecule has 0 atom stereocenters. The Morgan fingerprint density at radius 1 is 1.03 bits per heavy atom. The van der Waals surface area contributed by atoms with Gasteiger partial charge in [0.15, 0.2) is 0 Å². The minimum absolute atomic E-state index is 0.00303. The molecule has 0 N–H and O–H groups in total. The van der Waals surface area contributed by atoms with Gasteiger partial charge in [-0.05, 0) is 71.0 Å². The van der Waals surface area contributed by atoms with Gasteiger partial charge in [-0.1, -0.05) is 30.4 Å². The number of hydrogen-bond acceptors (Lipinski definition) is 5. The van der Waals surface area contributed by atoms with E-state index in [1.807, 2.05) is 0 Å². The van der Waals surface area contributed by atoms with Gasteiger partial charge in [-0.15, -0.1) is 0 Å². The molecule has 0 fully saturated rings. The van der Waals surface area contributed by atoms with Gasteiger partial charge in [0.05, 0.1) is 16.1 Å². The zero-order valence-corrected chi connectivity index (χ0v) is 21.6. The SMILES string of the molecule is CC(C)N(c1ccc(C(F)(F)F)cc1OCC=CC=CC(=O)OC(C)(C)C)S(=O)(=O)c1ccccc1. The van der Waals surface area contributed by atoms with E-state index in [4.69, 9.17) is 9.47 Å². The van der Waals surface area contributed by atoms with Crippen molar-refractivity contribution < 1.29 is 35.9 Å². The lowest BCUT2D eigenvalue weighted by Gasteiger charge is -2.30. The second-order valence-corrected chi connectivity index (χ2v) is 10.8. The molecule has 10 heteroatoms. The Morgan fingerprint density at radius 3 is 2.22 bits per heavy atom. The maximum Gasteiger partial charge on any atom is 0.416 e. The maximum atomic E-state index is 13.4. The van der Waals surface area contributed by atoms with Gasteiger partial charge in [0.1, 0.15) is 18.0 Å². The molecule has 0 aromatic heterocycles. The van der Waals surface area contributed by atoms with E-state index in [1.165, 1.54) is 36.4 Å². The Hall–Kier alpha value is -3.27. The molecule has 2 aromatic rings. The lowest BCUT2D eigenvalue weighted by molar-refractivity contribution is -0.148. The van der Waals surface area contributed by atoms with Crippen molar-refractivity contribution in [2.45, 2.75) is 57.3 Å². The molecule has 0 unspecified atom stereocenters. The highest BCUT2D eigenvalue weighted by atomic mass is 32.2. The minimum Gasteiger partial charge on any atom is -0.487 e. The number of halogens is 3. The molecule has 196 valence electrons. The lowest BCUT2D eigenvalue weighted by Crippen LogP contribution is -2.37. The highest BCUT2D eigenvalue weighted by Crippen LogP contribution is 2.39. The lowest BCUT2D eigenvalue weighted by atomic mass is 10.1. The molecule has 0 spiro atoms. The average molecular weight is 526 g/mol. The van der Waals surface area contributed by atoms with Crippen LogP contribution in [0.1, 0.15) is 40.2 Å². The maximum absolute atomic E-state index is 13.4. The van der Waals surface area contributed by atoms with E-state index in [9.17, 15) is 26.4 Å². The largest absolute Gasteiger partial charge is 0.487 e. The standard InChI is InChI=1S/C26H30F3NO5S/c1-19(2)30(36(32,33)21-12-8-6-9-13-21)22-16-15-20(26(27,28)29)18-23(22)34-17-11-7-10-14-24(31)35-25(3,4)5/h6-16,18-19H,17H2,1-5H3. The number of hydrogen-bond donors (Lipinski definition) is 0. The summed E-state index contributed by atoms with van der Waals surface area (Å²) < 4.78 is 78.6. The molecule has 36 heavy (non-hydrogen) atoms. The Morgan fingerprint density at radius 2 is 1.67 bits per heavy atom. The zero-order valence-electron chi connectivity index (χ0n) is 20.7. The molecule has 0 saturated heterocycles. The number of rotatable bonds is 9. The van der Waals surface area contributed by atoms with Gasteiger partial charge in [0, 0.05) is 12.1 Å². The molecule has 2 aromatic carbocycles. The minimum atomic E-state index is -4.65. The van der Waals surface area contributed by atoms with Crippen LogP contribution in [0, 0.1) is 0 Å². The van der Waals surface area contributed by atoms with Crippen molar-refractivity contribution in [1.29, 1.82) is 0 Å². The number of alkyl halides is 3. The summed E-state index contributed by atoms with van der Waals surface area (Å²) >= 11 is 0. The Balaban J connectivity index is 2.36. The van der Waals surface area contributed by atoms with E-state index in [0.29, 0.717) is 0 Å². The molecule has 2 rings (SSSR count). The topological polar surface area (TPSA) is 72.9 Å². The number of anilines is 1. The van der Waals surface area contributed by atoms with Crippen LogP contribution in [0.3, 0.4) is 0 Å². The Labute approximate surface area is 210 Å². The van der Waals surface area contributed by atoms with Crippen LogP contribution in [0.5, 0.6) is 5.75 Å². The first-order valence-electron chi connectivity index (χ1n) is 11.1. The zero-order chi connectivity index (χ0) is 27.1. The molecule has 0 radical (unpaired) electrons. The average Bonchev–Trinajstić information content (AvgIpc) is 2.75. The number of esters is 1. The summed E-state index contributed by atoms with van der Waals surface area (Å²) in [4.78, 5) is 11.7. The van der Waals surface area contributed by atoms with E-state index < -0.39 is 39.4 Å². The van der Waals surface area contributed by atoms with E-state index in [2.05, 4.69) is 0 Å². The van der Waals surface area contributed by atoms with Crippen LogP contribution in [0.4, 0.5) is 18.9 Å². The summed E-state index contributed by atoms with van der Waals surface area (Å²) in [6, 6.07) is 9.66. The van der Waals surface area contributed by atoms with E-state index in [0.717, 1.165) is 22.5 Å². The number of benzene rings is 2. The van der Waals surface area contributed by atoms with Gasteiger partial charge >= 0.3 is 12.1 Å². The van der Waals surface area contributed by atoms with Gasteiger partial charge in [-0.3, -0.25) is 4.31 Å². The normalized spacial score (nSPS) is 12.9. The molecule has 0 aliphatic heterocycles. The van der Waals surface area contributed by atoms with Crippen molar-refractivity contribution in [3.05, 3.63) is 78.4 Å². The summed E-state index contributed by atoms with van der Waals surface area (Å²) in [7, 11) is -4.10. The second kappa shape index (κ2) is 11.6. The first-order valence-corrected chi connectivity index (χ1v) is 12.6. The number of nitrogens with zero attached hydrogens (tertiary/aromatic N) is 1. The number of carbonyl (C=O) groups is 1. The highest BCUT2D eigenvalue weighted by molar-refractivity contribution is 7.92. The molecule has 0 aliphatic rings. The molecule has 0 heterocycles. The molecule has 0 bridgehead atoms. The van der Waals surface area contributed by atoms with Gasteiger partial charge in [-0.25, -0.2) is 13.2 Å². The smallest absolute Gasteiger partial charge is 0.416 e. The molecule has 0 amide bonds. The van der Waals surface area contributed by atoms with E-state index in [-0.39, 0.29) is 22.9 Å². The van der Waals surface area contributed by atoms with Crippen LogP contribution >= 0.6 is 0 Å². The first kappa shape index (κ1) is 29.0. The van der Waals surface area contributed by atoms with Crippen molar-refractivity contribution in [1.82, 2.24) is 0 Å². The van der Waals surface area contributed by atoms with Crippen LogP contribution in [0.25, 0.3) is 0 Å². The van der Waals surface area contributed by atoms with Crippen molar-refractivity contribution in [3.63, 3.8) is 0 Å². The van der Waals surface area contributed by atoms with Crippen molar-refractivity contribution in [3.8, 4) is 5.75 Å². The van der Waals surface area contributed by atoms with Crippen molar-refractivity contribution in [2.75, 3.05) is 10.9 Å². The predicted molar refractivity (Wildman–Crippen MR) is 132 cm³/mol. The number of sulfonamides is 1. The van der Waals surface area contributed by atoms with Gasteiger partial charge < -0.3 is 9.47 Å². The van der Waals surface area contributed by atoms with Gasteiger partial charge in [-0.2, -0.15) is 13.2 Å². The van der Waals surface area contributed by atoms with Crippen molar-refractivity contribution >= 4 is 21.7 Å². The summed E-state index contributed by atoms with van der Waals surface area (Å²) in [6.45, 7) is 8.24. The third-order valence-corrected chi connectivity index (χ3v) is 6.52. The predicted octanol–water partition coefficient (Wildman–Crippen LogP) is 6.14. The number of carbonyl (C=O) groups excluding carboxylic acids is 1. The monoisotopic (exact) mass is 525 g/mol. The van der Waals surface area contributed by atoms with E-state index in [1.54, 1.807) is 52.8 Å². The fourth-order valence-corrected chi connectivity index (χ4v) is 4.81. The quantitative estimate of drug-likeness (QED) is 0.223. The Kier molecular flexibility index (Phi) is 9.37. The summed E-state index contributed by atoms with van der Waals surface area (Å²) in [6.07, 6.45) is 0.896. The third-order valence-electron chi connectivity index (χ3n) is 4.51. The molecular weight excluding hydrogens is 495 g/mol. The fourth-order valence-electron chi connectivity index (χ4n) is 3.12. The van der Waals surface area contributed by atoms with Crippen LogP contribution < -0.4 is 9.04 Å². The second-order valence-electron chi connectivity index (χ2n) is 9.02. The highest BCUT2D eigenvalue weighted by Gasteiger charge is 2.34. The fraction of sp³-hybridized carbons (Fsp3) is 0.346. The van der Waals surface area contributed by atoms with Gasteiger partial charge in [0.25, 0.3) is 10.0 Å². The van der Waals surface area contributed by atoms with Crippen molar-refractivity contribution in [2.24, 2.45) is 0 Å². The third kappa shape index (κ3) is 8.15. The van der Waals surface area contributed by atoms with Crippen LogP contribution in [-0.2, 0) is 25.7 Å². The Bertz CT molecular complexity index is 1200.